The predicted molar refractivity (Wildman–Crippen MR) is 59.7 cm³/mol. The fourth-order valence-corrected chi connectivity index (χ4v) is 1.49. The summed E-state index contributed by atoms with van der Waals surface area (Å²) >= 11 is 0. The Kier molecular flexibility index (Phi) is 5.55. The number of halogens is 3. The summed E-state index contributed by atoms with van der Waals surface area (Å²) in [6.07, 6.45) is -3.17. The van der Waals surface area contributed by atoms with Crippen LogP contribution in [0.4, 0.5) is 13.2 Å². The molecular weight excluding hydrogens is 231 g/mol. The van der Waals surface area contributed by atoms with Crippen molar-refractivity contribution < 1.29 is 17.6 Å². The third-order valence-electron chi connectivity index (χ3n) is 2.43. The van der Waals surface area contributed by atoms with Gasteiger partial charge in [0.2, 0.25) is 0 Å². The second-order valence-electron chi connectivity index (χ2n) is 3.97. The van der Waals surface area contributed by atoms with E-state index in [9.17, 15) is 13.2 Å². The highest BCUT2D eigenvalue weighted by atomic mass is 19.4. The SMILES string of the molecule is CCc1ccc(CNCCCCC(F)(F)F)o1. The third-order valence-corrected chi connectivity index (χ3v) is 2.43. The molecule has 1 rings (SSSR count). The zero-order valence-electron chi connectivity index (χ0n) is 9.94. The van der Waals surface area contributed by atoms with Crippen molar-refractivity contribution in [1.82, 2.24) is 5.32 Å². The quantitative estimate of drug-likeness (QED) is 0.746. The number of hydrogen-bond donors (Lipinski definition) is 1. The van der Waals surface area contributed by atoms with E-state index in [-0.39, 0.29) is 6.42 Å². The summed E-state index contributed by atoms with van der Waals surface area (Å²) in [5.74, 6) is 1.76. The third kappa shape index (κ3) is 6.36. The fourth-order valence-electron chi connectivity index (χ4n) is 1.49. The average Bonchev–Trinajstić information content (AvgIpc) is 2.69. The van der Waals surface area contributed by atoms with E-state index in [1.54, 1.807) is 0 Å². The molecule has 0 atom stereocenters. The summed E-state index contributed by atoms with van der Waals surface area (Å²) in [4.78, 5) is 0. The molecule has 17 heavy (non-hydrogen) atoms. The van der Waals surface area contributed by atoms with E-state index in [0.29, 0.717) is 19.5 Å². The van der Waals surface area contributed by atoms with Crippen LogP contribution < -0.4 is 5.32 Å². The maximum absolute atomic E-state index is 11.8. The molecule has 2 nitrogen and oxygen atoms in total. The van der Waals surface area contributed by atoms with Crippen LogP contribution in [-0.2, 0) is 13.0 Å². The molecule has 0 aliphatic rings. The topological polar surface area (TPSA) is 25.2 Å². The zero-order valence-corrected chi connectivity index (χ0v) is 9.94. The van der Waals surface area contributed by atoms with Gasteiger partial charge in [-0.05, 0) is 31.5 Å². The average molecular weight is 249 g/mol. The Morgan fingerprint density at radius 2 is 1.88 bits per heavy atom. The first kappa shape index (κ1) is 14.1. The molecule has 0 aliphatic heterocycles. The minimum absolute atomic E-state index is 0.175. The Morgan fingerprint density at radius 3 is 2.47 bits per heavy atom. The van der Waals surface area contributed by atoms with Crippen molar-refractivity contribution in [1.29, 1.82) is 0 Å². The second kappa shape index (κ2) is 6.69. The van der Waals surface area contributed by atoms with E-state index in [1.807, 2.05) is 19.1 Å². The van der Waals surface area contributed by atoms with Gasteiger partial charge in [-0.1, -0.05) is 6.92 Å². The summed E-state index contributed by atoms with van der Waals surface area (Å²) < 4.78 is 41.0. The standard InChI is InChI=1S/C12H18F3NO/c1-2-10-5-6-11(17-10)9-16-8-4-3-7-12(13,14)15/h5-6,16H,2-4,7-9H2,1H3. The van der Waals surface area contributed by atoms with Crippen LogP contribution in [0.1, 0.15) is 37.7 Å². The van der Waals surface area contributed by atoms with Crippen molar-refractivity contribution >= 4 is 0 Å². The summed E-state index contributed by atoms with van der Waals surface area (Å²) in [6, 6.07) is 3.81. The van der Waals surface area contributed by atoms with E-state index in [0.717, 1.165) is 17.9 Å². The van der Waals surface area contributed by atoms with Gasteiger partial charge in [0.1, 0.15) is 11.5 Å². The summed E-state index contributed by atoms with van der Waals surface area (Å²) in [5, 5.41) is 3.06. The number of nitrogens with one attached hydrogen (secondary N) is 1. The predicted octanol–water partition coefficient (Wildman–Crippen LogP) is 3.66. The van der Waals surface area contributed by atoms with Crippen molar-refractivity contribution in [3.8, 4) is 0 Å². The summed E-state index contributed by atoms with van der Waals surface area (Å²) in [7, 11) is 0. The molecule has 0 spiro atoms. The molecule has 0 aliphatic carbocycles. The number of furan rings is 1. The molecule has 5 heteroatoms. The van der Waals surface area contributed by atoms with Crippen LogP contribution in [0.2, 0.25) is 0 Å². The zero-order chi connectivity index (χ0) is 12.7. The molecule has 1 N–H and O–H groups in total. The minimum Gasteiger partial charge on any atom is -0.465 e. The van der Waals surface area contributed by atoms with Gasteiger partial charge >= 0.3 is 6.18 Å². The Labute approximate surface area is 99.2 Å². The first-order chi connectivity index (χ1) is 8.01. The Balaban J connectivity index is 2.04. The smallest absolute Gasteiger partial charge is 0.389 e. The Hall–Kier alpha value is -0.970. The number of rotatable bonds is 7. The molecule has 0 radical (unpaired) electrons. The summed E-state index contributed by atoms with van der Waals surface area (Å²) in [5.41, 5.74) is 0. The van der Waals surface area contributed by atoms with Crippen LogP contribution in [0.5, 0.6) is 0 Å². The highest BCUT2D eigenvalue weighted by molar-refractivity contribution is 5.06. The van der Waals surface area contributed by atoms with Gasteiger partial charge in [0.15, 0.2) is 0 Å². The van der Waals surface area contributed by atoms with E-state index >= 15 is 0 Å². The highest BCUT2D eigenvalue weighted by Crippen LogP contribution is 2.21. The Morgan fingerprint density at radius 1 is 1.18 bits per heavy atom. The maximum Gasteiger partial charge on any atom is 0.389 e. The van der Waals surface area contributed by atoms with E-state index in [2.05, 4.69) is 5.32 Å². The monoisotopic (exact) mass is 249 g/mol. The van der Waals surface area contributed by atoms with E-state index in [1.165, 1.54) is 0 Å². The lowest BCUT2D eigenvalue weighted by atomic mass is 10.2. The Bertz CT molecular complexity index is 320. The minimum atomic E-state index is -4.03. The molecule has 0 saturated heterocycles. The van der Waals surface area contributed by atoms with Crippen LogP contribution in [0, 0.1) is 0 Å². The van der Waals surface area contributed by atoms with Crippen molar-refractivity contribution in [3.05, 3.63) is 23.7 Å². The molecule has 0 amide bonds. The summed E-state index contributed by atoms with van der Waals surface area (Å²) in [6.45, 7) is 3.16. The normalized spacial score (nSPS) is 12.0. The molecule has 0 unspecified atom stereocenters. The largest absolute Gasteiger partial charge is 0.465 e. The van der Waals surface area contributed by atoms with Crippen molar-refractivity contribution in [2.75, 3.05) is 6.54 Å². The first-order valence-corrected chi connectivity index (χ1v) is 5.86. The van der Waals surface area contributed by atoms with Gasteiger partial charge in [-0.2, -0.15) is 13.2 Å². The van der Waals surface area contributed by atoms with Gasteiger partial charge < -0.3 is 9.73 Å². The second-order valence-corrected chi connectivity index (χ2v) is 3.97. The van der Waals surface area contributed by atoms with E-state index in [4.69, 9.17) is 4.42 Å². The first-order valence-electron chi connectivity index (χ1n) is 5.86. The fraction of sp³-hybridized carbons (Fsp3) is 0.667. The molecule has 1 aromatic heterocycles. The number of hydrogen-bond acceptors (Lipinski definition) is 2. The lowest BCUT2D eigenvalue weighted by molar-refractivity contribution is -0.135. The molecule has 98 valence electrons. The highest BCUT2D eigenvalue weighted by Gasteiger charge is 2.25. The number of aryl methyl sites for hydroxylation is 1. The molecule has 0 saturated carbocycles. The van der Waals surface area contributed by atoms with Gasteiger partial charge in [0.05, 0.1) is 6.54 Å². The molecular formula is C12H18F3NO. The van der Waals surface area contributed by atoms with Crippen molar-refractivity contribution in [2.24, 2.45) is 0 Å². The molecule has 0 bridgehead atoms. The molecule has 0 fully saturated rings. The van der Waals surface area contributed by atoms with Crippen LogP contribution in [0.3, 0.4) is 0 Å². The lowest BCUT2D eigenvalue weighted by Gasteiger charge is -2.06. The van der Waals surface area contributed by atoms with Gasteiger partial charge in [0.25, 0.3) is 0 Å². The van der Waals surface area contributed by atoms with Crippen LogP contribution in [0.15, 0.2) is 16.5 Å². The maximum atomic E-state index is 11.8. The van der Waals surface area contributed by atoms with Gasteiger partial charge in [-0.15, -0.1) is 0 Å². The lowest BCUT2D eigenvalue weighted by Crippen LogP contribution is -2.15. The molecule has 1 heterocycles. The van der Waals surface area contributed by atoms with Crippen LogP contribution in [-0.4, -0.2) is 12.7 Å². The number of alkyl halides is 3. The van der Waals surface area contributed by atoms with Gasteiger partial charge in [-0.25, -0.2) is 0 Å². The van der Waals surface area contributed by atoms with Crippen LogP contribution >= 0.6 is 0 Å². The van der Waals surface area contributed by atoms with Crippen molar-refractivity contribution in [3.63, 3.8) is 0 Å². The van der Waals surface area contributed by atoms with E-state index < -0.39 is 12.6 Å². The number of unbranched alkanes of at least 4 members (excludes halogenated alkanes) is 1. The van der Waals surface area contributed by atoms with Gasteiger partial charge in [0, 0.05) is 12.8 Å². The van der Waals surface area contributed by atoms with Crippen LogP contribution in [0.25, 0.3) is 0 Å². The van der Waals surface area contributed by atoms with Crippen molar-refractivity contribution in [2.45, 2.75) is 45.3 Å². The molecule has 1 aromatic rings. The van der Waals surface area contributed by atoms with Gasteiger partial charge in [-0.3, -0.25) is 0 Å². The molecule has 0 aromatic carbocycles.